The largest absolute Gasteiger partial charge is 0.337 e. The molecule has 0 fully saturated rings. The number of nitrogens with one attached hydrogen (secondary N) is 2. The van der Waals surface area contributed by atoms with Crippen LogP contribution in [0.25, 0.3) is 0 Å². The van der Waals surface area contributed by atoms with E-state index in [1.54, 1.807) is 0 Å². The molecule has 3 aromatic rings. The molecule has 0 unspecified atom stereocenters. The molecular weight excluding hydrogens is 362 g/mol. The Bertz CT molecular complexity index is 998. The molecule has 0 saturated carbocycles. The first-order valence-electron chi connectivity index (χ1n) is 8.69. The number of carbonyl (C=O) groups is 1. The van der Waals surface area contributed by atoms with Crippen molar-refractivity contribution in [2.24, 2.45) is 0 Å². The van der Waals surface area contributed by atoms with Gasteiger partial charge in [0.2, 0.25) is 0 Å². The summed E-state index contributed by atoms with van der Waals surface area (Å²) in [6, 6.07) is 10.7. The fourth-order valence-corrected chi connectivity index (χ4v) is 2.67. The number of amides is 1. The van der Waals surface area contributed by atoms with Gasteiger partial charge in [0.05, 0.1) is 18.1 Å². The summed E-state index contributed by atoms with van der Waals surface area (Å²) in [5.74, 6) is -1.58. The quantitative estimate of drug-likeness (QED) is 0.663. The lowest BCUT2D eigenvalue weighted by atomic mass is 9.86. The van der Waals surface area contributed by atoms with E-state index < -0.39 is 17.5 Å². The number of carbonyl (C=O) groups excluding carboxylic acids is 1. The van der Waals surface area contributed by atoms with Crippen molar-refractivity contribution in [1.82, 2.24) is 9.97 Å². The SMILES string of the molecule is CC(C)(C)c1ccccc1NC(=O)c1cnc(Nc2ccc(F)cc2F)cn1. The number of nitrogens with zero attached hydrogens (tertiary/aromatic N) is 2. The van der Waals surface area contributed by atoms with Gasteiger partial charge in [0.15, 0.2) is 0 Å². The third-order valence-electron chi connectivity index (χ3n) is 4.06. The maximum atomic E-state index is 13.7. The number of aromatic nitrogens is 2. The molecule has 3 rings (SSSR count). The lowest BCUT2D eigenvalue weighted by molar-refractivity contribution is 0.102. The molecule has 5 nitrogen and oxygen atoms in total. The second kappa shape index (κ2) is 7.72. The predicted octanol–water partition coefficient (Wildman–Crippen LogP) is 5.05. The molecule has 1 amide bonds. The minimum Gasteiger partial charge on any atom is -0.337 e. The van der Waals surface area contributed by atoms with E-state index in [4.69, 9.17) is 0 Å². The van der Waals surface area contributed by atoms with Crippen molar-refractivity contribution < 1.29 is 13.6 Å². The van der Waals surface area contributed by atoms with Gasteiger partial charge in [-0.05, 0) is 29.2 Å². The zero-order valence-corrected chi connectivity index (χ0v) is 15.8. The summed E-state index contributed by atoms with van der Waals surface area (Å²) in [5, 5.41) is 5.55. The summed E-state index contributed by atoms with van der Waals surface area (Å²) in [5.41, 5.74) is 1.75. The van der Waals surface area contributed by atoms with Crippen LogP contribution in [-0.4, -0.2) is 15.9 Å². The molecule has 0 atom stereocenters. The maximum absolute atomic E-state index is 13.7. The number of para-hydroxylation sites is 1. The normalized spacial score (nSPS) is 11.2. The first-order valence-corrected chi connectivity index (χ1v) is 8.69. The number of anilines is 3. The summed E-state index contributed by atoms with van der Waals surface area (Å²) >= 11 is 0. The summed E-state index contributed by atoms with van der Waals surface area (Å²) in [6.45, 7) is 6.19. The van der Waals surface area contributed by atoms with Crippen molar-refractivity contribution in [2.45, 2.75) is 26.2 Å². The molecular formula is C21H20F2N4O. The Hall–Kier alpha value is -3.35. The molecule has 2 N–H and O–H groups in total. The van der Waals surface area contributed by atoms with Gasteiger partial charge in [-0.25, -0.2) is 18.7 Å². The minimum atomic E-state index is -0.748. The van der Waals surface area contributed by atoms with Gasteiger partial charge in [-0.3, -0.25) is 4.79 Å². The Morgan fingerprint density at radius 2 is 1.71 bits per heavy atom. The van der Waals surface area contributed by atoms with Crippen molar-refractivity contribution in [3.8, 4) is 0 Å². The second-order valence-electron chi connectivity index (χ2n) is 7.29. The fourth-order valence-electron chi connectivity index (χ4n) is 2.67. The third kappa shape index (κ3) is 4.49. The van der Waals surface area contributed by atoms with E-state index in [9.17, 15) is 13.6 Å². The van der Waals surface area contributed by atoms with Crippen LogP contribution in [0.1, 0.15) is 36.8 Å². The van der Waals surface area contributed by atoms with Crippen LogP contribution < -0.4 is 10.6 Å². The van der Waals surface area contributed by atoms with Crippen molar-refractivity contribution in [3.63, 3.8) is 0 Å². The van der Waals surface area contributed by atoms with Crippen molar-refractivity contribution in [2.75, 3.05) is 10.6 Å². The monoisotopic (exact) mass is 382 g/mol. The van der Waals surface area contributed by atoms with Crippen LogP contribution in [0, 0.1) is 11.6 Å². The Balaban J connectivity index is 1.74. The Kier molecular flexibility index (Phi) is 5.35. The van der Waals surface area contributed by atoms with Gasteiger partial charge in [-0.1, -0.05) is 39.0 Å². The first kappa shape index (κ1) is 19.4. The molecule has 0 bridgehead atoms. The van der Waals surface area contributed by atoms with E-state index in [1.807, 2.05) is 24.3 Å². The number of rotatable bonds is 4. The molecule has 1 heterocycles. The van der Waals surface area contributed by atoms with E-state index in [2.05, 4.69) is 41.4 Å². The van der Waals surface area contributed by atoms with Crippen LogP contribution in [0.4, 0.5) is 26.0 Å². The van der Waals surface area contributed by atoms with E-state index in [0.29, 0.717) is 5.69 Å². The highest BCUT2D eigenvalue weighted by Crippen LogP contribution is 2.29. The Labute approximate surface area is 161 Å². The highest BCUT2D eigenvalue weighted by atomic mass is 19.1. The van der Waals surface area contributed by atoms with Crippen LogP contribution >= 0.6 is 0 Å². The van der Waals surface area contributed by atoms with Crippen molar-refractivity contribution in [1.29, 1.82) is 0 Å². The molecule has 28 heavy (non-hydrogen) atoms. The van der Waals surface area contributed by atoms with Gasteiger partial charge in [-0.2, -0.15) is 0 Å². The summed E-state index contributed by atoms with van der Waals surface area (Å²) in [6.07, 6.45) is 2.60. The summed E-state index contributed by atoms with van der Waals surface area (Å²) in [7, 11) is 0. The standard InChI is InChI=1S/C21H20F2N4O/c1-21(2,3)14-6-4-5-7-16(14)27-20(28)18-11-25-19(12-24-18)26-17-9-8-13(22)10-15(17)23/h4-12H,1-3H3,(H,25,26)(H,27,28). The van der Waals surface area contributed by atoms with E-state index in [1.165, 1.54) is 18.5 Å². The molecule has 0 aliphatic rings. The van der Waals surface area contributed by atoms with Gasteiger partial charge in [0, 0.05) is 11.8 Å². The van der Waals surface area contributed by atoms with Gasteiger partial charge in [0.25, 0.3) is 5.91 Å². The molecule has 144 valence electrons. The van der Waals surface area contributed by atoms with E-state index >= 15 is 0 Å². The topological polar surface area (TPSA) is 66.9 Å². The molecule has 7 heteroatoms. The van der Waals surface area contributed by atoms with Crippen molar-refractivity contribution >= 4 is 23.1 Å². The molecule has 0 aliphatic carbocycles. The summed E-state index contributed by atoms with van der Waals surface area (Å²) in [4.78, 5) is 20.7. The Morgan fingerprint density at radius 3 is 2.36 bits per heavy atom. The molecule has 0 spiro atoms. The average Bonchev–Trinajstić information content (AvgIpc) is 2.64. The zero-order valence-electron chi connectivity index (χ0n) is 15.8. The van der Waals surface area contributed by atoms with Crippen LogP contribution in [0.3, 0.4) is 0 Å². The minimum absolute atomic E-state index is 0.0620. The summed E-state index contributed by atoms with van der Waals surface area (Å²) < 4.78 is 26.7. The predicted molar refractivity (Wildman–Crippen MR) is 105 cm³/mol. The molecule has 2 aromatic carbocycles. The third-order valence-corrected chi connectivity index (χ3v) is 4.06. The van der Waals surface area contributed by atoms with Gasteiger partial charge < -0.3 is 10.6 Å². The van der Waals surface area contributed by atoms with Crippen LogP contribution in [0.5, 0.6) is 0 Å². The van der Waals surface area contributed by atoms with E-state index in [-0.39, 0.29) is 22.6 Å². The van der Waals surface area contributed by atoms with Gasteiger partial charge >= 0.3 is 0 Å². The van der Waals surface area contributed by atoms with Gasteiger partial charge in [0.1, 0.15) is 23.1 Å². The van der Waals surface area contributed by atoms with Crippen LogP contribution in [-0.2, 0) is 5.41 Å². The molecule has 0 radical (unpaired) electrons. The highest BCUT2D eigenvalue weighted by molar-refractivity contribution is 6.03. The highest BCUT2D eigenvalue weighted by Gasteiger charge is 2.19. The second-order valence-corrected chi connectivity index (χ2v) is 7.29. The van der Waals surface area contributed by atoms with Crippen molar-refractivity contribution in [3.05, 3.63) is 77.8 Å². The first-order chi connectivity index (χ1) is 13.2. The van der Waals surface area contributed by atoms with Crippen LogP contribution in [0.15, 0.2) is 54.9 Å². The Morgan fingerprint density at radius 1 is 0.964 bits per heavy atom. The molecule has 1 aromatic heterocycles. The van der Waals surface area contributed by atoms with E-state index in [0.717, 1.165) is 17.7 Å². The number of hydrogen-bond acceptors (Lipinski definition) is 4. The molecule has 0 aliphatic heterocycles. The fraction of sp³-hybridized carbons (Fsp3) is 0.190. The zero-order chi connectivity index (χ0) is 20.3. The number of benzene rings is 2. The lowest BCUT2D eigenvalue weighted by Crippen LogP contribution is -2.19. The molecule has 0 saturated heterocycles. The number of hydrogen-bond donors (Lipinski definition) is 2. The number of halogens is 2. The lowest BCUT2D eigenvalue weighted by Gasteiger charge is -2.22. The van der Waals surface area contributed by atoms with Crippen LogP contribution in [0.2, 0.25) is 0 Å². The maximum Gasteiger partial charge on any atom is 0.275 e. The average molecular weight is 382 g/mol. The van der Waals surface area contributed by atoms with Gasteiger partial charge in [-0.15, -0.1) is 0 Å². The smallest absolute Gasteiger partial charge is 0.275 e.